The molecular formula is C23H18ClN5O2. The fraction of sp³-hybridized carbons (Fsp3) is 0.174. The standard InChI is InChI=1S/C23H18ClN5O2/c1-2-19-13-22(27-7-9-28(10-8-27)23(30)17-6-11-31-15-17)29-21(25-19)14-20(26-29)16-4-3-5-18(24)12-16/h1,3-6,11-15H,7-10H2. The van der Waals surface area contributed by atoms with Crippen molar-refractivity contribution in [1.82, 2.24) is 19.5 Å². The van der Waals surface area contributed by atoms with E-state index in [4.69, 9.17) is 27.5 Å². The number of carbonyl (C=O) groups is 1. The highest BCUT2D eigenvalue weighted by Crippen LogP contribution is 2.26. The third-order valence-corrected chi connectivity index (χ3v) is 5.57. The van der Waals surface area contributed by atoms with Crippen molar-refractivity contribution in [1.29, 1.82) is 0 Å². The van der Waals surface area contributed by atoms with Crippen LogP contribution in [0.15, 0.2) is 59.4 Å². The summed E-state index contributed by atoms with van der Waals surface area (Å²) in [7, 11) is 0. The molecule has 0 spiro atoms. The molecule has 5 rings (SSSR count). The second-order valence-electron chi connectivity index (χ2n) is 7.25. The Labute approximate surface area is 183 Å². The van der Waals surface area contributed by atoms with E-state index in [9.17, 15) is 4.79 Å². The number of piperazine rings is 1. The predicted octanol–water partition coefficient (Wildman–Crippen LogP) is 3.59. The zero-order valence-electron chi connectivity index (χ0n) is 16.5. The first kappa shape index (κ1) is 19.2. The van der Waals surface area contributed by atoms with Gasteiger partial charge in [-0.15, -0.1) is 6.42 Å². The molecule has 0 bridgehead atoms. The summed E-state index contributed by atoms with van der Waals surface area (Å²) in [6.45, 7) is 2.47. The summed E-state index contributed by atoms with van der Waals surface area (Å²) in [6, 6.07) is 13.0. The van der Waals surface area contributed by atoms with E-state index in [-0.39, 0.29) is 5.91 Å². The minimum Gasteiger partial charge on any atom is -0.472 e. The van der Waals surface area contributed by atoms with Crippen molar-refractivity contribution in [2.45, 2.75) is 0 Å². The maximum absolute atomic E-state index is 12.6. The molecule has 1 aliphatic heterocycles. The lowest BCUT2D eigenvalue weighted by Crippen LogP contribution is -2.49. The summed E-state index contributed by atoms with van der Waals surface area (Å²) in [5.41, 5.74) is 3.43. The summed E-state index contributed by atoms with van der Waals surface area (Å²) in [5.74, 6) is 3.45. The molecule has 0 saturated carbocycles. The van der Waals surface area contributed by atoms with Gasteiger partial charge < -0.3 is 14.2 Å². The summed E-state index contributed by atoms with van der Waals surface area (Å²) in [6.07, 6.45) is 8.63. The Balaban J connectivity index is 1.45. The van der Waals surface area contributed by atoms with Gasteiger partial charge in [-0.25, -0.2) is 4.98 Å². The molecule has 8 heteroatoms. The average Bonchev–Trinajstić information content (AvgIpc) is 3.48. The Bertz CT molecular complexity index is 1300. The molecule has 1 fully saturated rings. The fourth-order valence-corrected chi connectivity index (χ4v) is 3.94. The van der Waals surface area contributed by atoms with Gasteiger partial charge in [-0.2, -0.15) is 9.61 Å². The molecule has 1 amide bonds. The van der Waals surface area contributed by atoms with E-state index in [1.165, 1.54) is 12.5 Å². The third kappa shape index (κ3) is 3.62. The van der Waals surface area contributed by atoms with Gasteiger partial charge in [0.1, 0.15) is 17.8 Å². The normalized spacial score (nSPS) is 14.1. The zero-order valence-corrected chi connectivity index (χ0v) is 17.3. The van der Waals surface area contributed by atoms with Crippen LogP contribution in [-0.4, -0.2) is 51.6 Å². The molecule has 0 aliphatic carbocycles. The highest BCUT2D eigenvalue weighted by Gasteiger charge is 2.25. The predicted molar refractivity (Wildman–Crippen MR) is 118 cm³/mol. The van der Waals surface area contributed by atoms with Crippen molar-refractivity contribution in [3.8, 4) is 23.6 Å². The third-order valence-electron chi connectivity index (χ3n) is 5.34. The SMILES string of the molecule is C#Cc1cc(N2CCN(C(=O)c3ccoc3)CC2)n2nc(-c3cccc(Cl)c3)cc2n1. The molecule has 1 saturated heterocycles. The Morgan fingerprint density at radius 3 is 2.68 bits per heavy atom. The van der Waals surface area contributed by atoms with Gasteiger partial charge in [-0.3, -0.25) is 4.79 Å². The van der Waals surface area contributed by atoms with Gasteiger partial charge in [-0.1, -0.05) is 29.7 Å². The van der Waals surface area contributed by atoms with E-state index in [1.807, 2.05) is 41.3 Å². The molecule has 7 nitrogen and oxygen atoms in total. The fourth-order valence-electron chi connectivity index (χ4n) is 3.75. The van der Waals surface area contributed by atoms with E-state index in [0.29, 0.717) is 48.1 Å². The number of aromatic nitrogens is 3. The van der Waals surface area contributed by atoms with E-state index in [1.54, 1.807) is 10.6 Å². The van der Waals surface area contributed by atoms with Crippen molar-refractivity contribution in [3.63, 3.8) is 0 Å². The average molecular weight is 432 g/mol. The largest absolute Gasteiger partial charge is 0.472 e. The van der Waals surface area contributed by atoms with Gasteiger partial charge in [0.15, 0.2) is 5.65 Å². The number of fused-ring (bicyclic) bond motifs is 1. The van der Waals surface area contributed by atoms with Crippen LogP contribution in [0.3, 0.4) is 0 Å². The Morgan fingerprint density at radius 2 is 1.97 bits per heavy atom. The molecule has 154 valence electrons. The molecule has 1 aromatic carbocycles. The maximum Gasteiger partial charge on any atom is 0.257 e. The second-order valence-corrected chi connectivity index (χ2v) is 7.68. The van der Waals surface area contributed by atoms with Gasteiger partial charge in [0, 0.05) is 48.9 Å². The van der Waals surface area contributed by atoms with Crippen molar-refractivity contribution >= 4 is 29.0 Å². The van der Waals surface area contributed by atoms with Crippen LogP contribution in [0.1, 0.15) is 16.1 Å². The molecule has 3 aromatic heterocycles. The number of hydrogen-bond donors (Lipinski definition) is 0. The number of rotatable bonds is 3. The van der Waals surface area contributed by atoms with Crippen LogP contribution >= 0.6 is 11.6 Å². The molecular weight excluding hydrogens is 414 g/mol. The smallest absolute Gasteiger partial charge is 0.257 e. The highest BCUT2D eigenvalue weighted by molar-refractivity contribution is 6.30. The number of terminal acetylenes is 1. The number of furan rings is 1. The summed E-state index contributed by atoms with van der Waals surface area (Å²) < 4.78 is 6.83. The first-order chi connectivity index (χ1) is 15.1. The van der Waals surface area contributed by atoms with Crippen LogP contribution in [0.4, 0.5) is 5.82 Å². The monoisotopic (exact) mass is 431 g/mol. The molecule has 0 N–H and O–H groups in total. The van der Waals surface area contributed by atoms with E-state index in [0.717, 1.165) is 17.1 Å². The second kappa shape index (κ2) is 7.82. The van der Waals surface area contributed by atoms with Crippen LogP contribution < -0.4 is 4.90 Å². The first-order valence-corrected chi connectivity index (χ1v) is 10.2. The quantitative estimate of drug-likeness (QED) is 0.464. The number of halogens is 1. The van der Waals surface area contributed by atoms with Gasteiger partial charge in [0.25, 0.3) is 5.91 Å². The van der Waals surface area contributed by atoms with Crippen LogP contribution in [0, 0.1) is 12.3 Å². The molecule has 4 aromatic rings. The lowest BCUT2D eigenvalue weighted by molar-refractivity contribution is 0.0745. The zero-order chi connectivity index (χ0) is 21.4. The van der Waals surface area contributed by atoms with Gasteiger partial charge in [-0.05, 0) is 18.2 Å². The molecule has 0 atom stereocenters. The summed E-state index contributed by atoms with van der Waals surface area (Å²) >= 11 is 6.15. The first-order valence-electron chi connectivity index (χ1n) is 9.82. The molecule has 0 unspecified atom stereocenters. The van der Waals surface area contributed by atoms with Crippen LogP contribution in [-0.2, 0) is 0 Å². The number of nitrogens with zero attached hydrogens (tertiary/aromatic N) is 5. The van der Waals surface area contributed by atoms with Crippen LogP contribution in [0.25, 0.3) is 16.9 Å². The van der Waals surface area contributed by atoms with Gasteiger partial charge in [0.2, 0.25) is 0 Å². The van der Waals surface area contributed by atoms with Crippen molar-refractivity contribution < 1.29 is 9.21 Å². The van der Waals surface area contributed by atoms with Gasteiger partial charge in [0.05, 0.1) is 17.5 Å². The lowest BCUT2D eigenvalue weighted by atomic mass is 10.1. The lowest BCUT2D eigenvalue weighted by Gasteiger charge is -2.35. The number of amides is 1. The van der Waals surface area contributed by atoms with Crippen molar-refractivity contribution in [2.24, 2.45) is 0 Å². The Morgan fingerprint density at radius 1 is 1.13 bits per heavy atom. The van der Waals surface area contributed by atoms with Crippen molar-refractivity contribution in [3.05, 3.63) is 71.3 Å². The molecule has 1 aliphatic rings. The Kier molecular flexibility index (Phi) is 4.85. The topological polar surface area (TPSA) is 66.9 Å². The molecule has 4 heterocycles. The van der Waals surface area contributed by atoms with E-state index < -0.39 is 0 Å². The maximum atomic E-state index is 12.6. The van der Waals surface area contributed by atoms with Crippen molar-refractivity contribution in [2.75, 3.05) is 31.1 Å². The van der Waals surface area contributed by atoms with E-state index in [2.05, 4.69) is 15.8 Å². The minimum absolute atomic E-state index is 0.0279. The molecule has 31 heavy (non-hydrogen) atoms. The minimum atomic E-state index is -0.0279. The van der Waals surface area contributed by atoms with Crippen LogP contribution in [0.2, 0.25) is 5.02 Å². The number of carbonyl (C=O) groups excluding carboxylic acids is 1. The summed E-state index contributed by atoms with van der Waals surface area (Å²) in [5, 5.41) is 5.41. The highest BCUT2D eigenvalue weighted by atomic mass is 35.5. The number of anilines is 1. The number of benzene rings is 1. The van der Waals surface area contributed by atoms with Gasteiger partial charge >= 0.3 is 0 Å². The number of hydrogen-bond acceptors (Lipinski definition) is 5. The van der Waals surface area contributed by atoms with E-state index >= 15 is 0 Å². The summed E-state index contributed by atoms with van der Waals surface area (Å²) in [4.78, 5) is 21.1. The molecule has 0 radical (unpaired) electrons. The Hall–Kier alpha value is -3.76. The van der Waals surface area contributed by atoms with Crippen LogP contribution in [0.5, 0.6) is 0 Å².